The zero-order chi connectivity index (χ0) is 15.2. The quantitative estimate of drug-likeness (QED) is 0.862. The van der Waals surface area contributed by atoms with Crippen molar-refractivity contribution in [3.05, 3.63) is 46.7 Å². The highest BCUT2D eigenvalue weighted by molar-refractivity contribution is 6.33. The minimum absolute atomic E-state index is 0.134. The number of hydrogen-bond acceptors (Lipinski definition) is 3. The highest BCUT2D eigenvalue weighted by Crippen LogP contribution is 2.23. The molecular weight excluding hydrogens is 288 g/mol. The van der Waals surface area contributed by atoms with Gasteiger partial charge in [-0.2, -0.15) is 5.10 Å². The van der Waals surface area contributed by atoms with E-state index in [1.165, 1.54) is 0 Å². The summed E-state index contributed by atoms with van der Waals surface area (Å²) in [7, 11) is 1.60. The van der Waals surface area contributed by atoms with Gasteiger partial charge in [-0.3, -0.25) is 9.48 Å². The number of amides is 1. The standard InChI is InChI=1S/C15H19ClN4O/c1-3-6-20-10-11(9-19-20)8-18-14-7-12(15(21)17-2)4-5-13(14)16/h4-5,7,9-10,18H,3,6,8H2,1-2H3,(H,17,21). The van der Waals surface area contributed by atoms with Crippen molar-refractivity contribution in [2.24, 2.45) is 0 Å². The highest BCUT2D eigenvalue weighted by Gasteiger charge is 2.07. The molecule has 1 aromatic heterocycles. The number of nitrogens with zero attached hydrogens (tertiary/aromatic N) is 2. The molecule has 0 aliphatic carbocycles. The number of halogens is 1. The van der Waals surface area contributed by atoms with E-state index in [4.69, 9.17) is 11.6 Å². The smallest absolute Gasteiger partial charge is 0.251 e. The number of aromatic nitrogens is 2. The summed E-state index contributed by atoms with van der Waals surface area (Å²) in [6, 6.07) is 5.16. The molecule has 0 spiro atoms. The van der Waals surface area contributed by atoms with Gasteiger partial charge < -0.3 is 10.6 Å². The molecule has 5 nitrogen and oxygen atoms in total. The van der Waals surface area contributed by atoms with Gasteiger partial charge in [-0.25, -0.2) is 0 Å². The van der Waals surface area contributed by atoms with Gasteiger partial charge in [0.25, 0.3) is 5.91 Å². The molecule has 0 fully saturated rings. The van der Waals surface area contributed by atoms with Crippen molar-refractivity contribution in [2.75, 3.05) is 12.4 Å². The molecule has 1 amide bonds. The van der Waals surface area contributed by atoms with Gasteiger partial charge in [-0.1, -0.05) is 18.5 Å². The summed E-state index contributed by atoms with van der Waals surface area (Å²) < 4.78 is 1.92. The fourth-order valence-electron chi connectivity index (χ4n) is 1.99. The van der Waals surface area contributed by atoms with Crippen LogP contribution in [0, 0.1) is 0 Å². The van der Waals surface area contributed by atoms with Crippen LogP contribution in [0.15, 0.2) is 30.6 Å². The molecule has 21 heavy (non-hydrogen) atoms. The van der Waals surface area contributed by atoms with Crippen molar-refractivity contribution in [3.8, 4) is 0 Å². The topological polar surface area (TPSA) is 59.0 Å². The number of benzene rings is 1. The summed E-state index contributed by atoms with van der Waals surface area (Å²) in [5, 5.41) is 10.7. The van der Waals surface area contributed by atoms with Gasteiger partial charge in [0.1, 0.15) is 0 Å². The molecule has 1 heterocycles. The van der Waals surface area contributed by atoms with Crippen LogP contribution >= 0.6 is 11.6 Å². The zero-order valence-corrected chi connectivity index (χ0v) is 12.9. The molecule has 0 aliphatic heterocycles. The van der Waals surface area contributed by atoms with E-state index in [0.717, 1.165) is 24.2 Å². The van der Waals surface area contributed by atoms with Crippen LogP contribution in [0.5, 0.6) is 0 Å². The third-order valence-electron chi connectivity index (χ3n) is 3.08. The summed E-state index contributed by atoms with van der Waals surface area (Å²) in [6.45, 7) is 3.64. The third-order valence-corrected chi connectivity index (χ3v) is 3.41. The van der Waals surface area contributed by atoms with Crippen molar-refractivity contribution in [3.63, 3.8) is 0 Å². The van der Waals surface area contributed by atoms with Crippen molar-refractivity contribution in [1.29, 1.82) is 0 Å². The molecule has 2 N–H and O–H groups in total. The maximum absolute atomic E-state index is 11.6. The Morgan fingerprint density at radius 2 is 2.24 bits per heavy atom. The predicted octanol–water partition coefficient (Wildman–Crippen LogP) is 2.92. The van der Waals surface area contributed by atoms with E-state index in [1.54, 1.807) is 25.2 Å². The number of rotatable bonds is 6. The van der Waals surface area contributed by atoms with E-state index < -0.39 is 0 Å². The first kappa shape index (κ1) is 15.4. The lowest BCUT2D eigenvalue weighted by molar-refractivity contribution is 0.0963. The Kier molecular flexibility index (Phi) is 5.22. The molecule has 0 aliphatic rings. The second kappa shape index (κ2) is 7.13. The van der Waals surface area contributed by atoms with E-state index in [-0.39, 0.29) is 5.91 Å². The Bertz CT molecular complexity index is 624. The molecule has 0 unspecified atom stereocenters. The Hall–Kier alpha value is -2.01. The summed E-state index contributed by atoms with van der Waals surface area (Å²) in [6.07, 6.45) is 4.89. The minimum Gasteiger partial charge on any atom is -0.380 e. The number of carbonyl (C=O) groups is 1. The Labute approximate surface area is 129 Å². The molecule has 112 valence electrons. The van der Waals surface area contributed by atoms with Crippen LogP contribution in [-0.4, -0.2) is 22.7 Å². The Morgan fingerprint density at radius 1 is 1.43 bits per heavy atom. The number of anilines is 1. The minimum atomic E-state index is -0.134. The Balaban J connectivity index is 2.06. The summed E-state index contributed by atoms with van der Waals surface area (Å²) in [5.41, 5.74) is 2.39. The van der Waals surface area contributed by atoms with Crippen molar-refractivity contribution >= 4 is 23.2 Å². The van der Waals surface area contributed by atoms with Gasteiger partial charge in [0, 0.05) is 37.5 Å². The van der Waals surface area contributed by atoms with E-state index in [0.29, 0.717) is 17.1 Å². The first-order valence-corrected chi connectivity index (χ1v) is 7.28. The van der Waals surface area contributed by atoms with Gasteiger partial charge in [0.05, 0.1) is 16.9 Å². The summed E-state index contributed by atoms with van der Waals surface area (Å²) in [5.74, 6) is -0.134. The summed E-state index contributed by atoms with van der Waals surface area (Å²) >= 11 is 6.15. The lowest BCUT2D eigenvalue weighted by Crippen LogP contribution is -2.17. The molecule has 0 radical (unpaired) electrons. The van der Waals surface area contributed by atoms with Crippen LogP contribution in [0.3, 0.4) is 0 Å². The van der Waals surface area contributed by atoms with E-state index in [9.17, 15) is 4.79 Å². The maximum atomic E-state index is 11.6. The largest absolute Gasteiger partial charge is 0.380 e. The van der Waals surface area contributed by atoms with Crippen molar-refractivity contribution in [2.45, 2.75) is 26.4 Å². The van der Waals surface area contributed by atoms with Crippen molar-refractivity contribution in [1.82, 2.24) is 15.1 Å². The second-order valence-electron chi connectivity index (χ2n) is 4.74. The van der Waals surface area contributed by atoms with Crippen molar-refractivity contribution < 1.29 is 4.79 Å². The van der Waals surface area contributed by atoms with Gasteiger partial charge >= 0.3 is 0 Å². The van der Waals surface area contributed by atoms with E-state index >= 15 is 0 Å². The maximum Gasteiger partial charge on any atom is 0.251 e. The normalized spacial score (nSPS) is 10.4. The zero-order valence-electron chi connectivity index (χ0n) is 12.2. The molecule has 2 rings (SSSR count). The van der Waals surface area contributed by atoms with Crippen LogP contribution in [0.25, 0.3) is 0 Å². The highest BCUT2D eigenvalue weighted by atomic mass is 35.5. The summed E-state index contributed by atoms with van der Waals surface area (Å²) in [4.78, 5) is 11.6. The Morgan fingerprint density at radius 3 is 2.95 bits per heavy atom. The molecular formula is C15H19ClN4O. The number of carbonyl (C=O) groups excluding carboxylic acids is 1. The third kappa shape index (κ3) is 3.98. The fourth-order valence-corrected chi connectivity index (χ4v) is 2.18. The van der Waals surface area contributed by atoms with E-state index in [2.05, 4.69) is 22.7 Å². The average molecular weight is 307 g/mol. The van der Waals surface area contributed by atoms with Gasteiger partial charge in [0.2, 0.25) is 0 Å². The molecule has 2 aromatic rings. The second-order valence-corrected chi connectivity index (χ2v) is 5.15. The van der Waals surface area contributed by atoms with Gasteiger partial charge in [-0.15, -0.1) is 0 Å². The first-order valence-electron chi connectivity index (χ1n) is 6.91. The van der Waals surface area contributed by atoms with Crippen LogP contribution in [-0.2, 0) is 13.1 Å². The van der Waals surface area contributed by atoms with Crippen LogP contribution < -0.4 is 10.6 Å². The molecule has 6 heteroatoms. The molecule has 1 aromatic carbocycles. The SMILES string of the molecule is CCCn1cc(CNc2cc(C(=O)NC)ccc2Cl)cn1. The number of aryl methyl sites for hydroxylation is 1. The molecule has 0 bridgehead atoms. The van der Waals surface area contributed by atoms with Crippen LogP contribution in [0.4, 0.5) is 5.69 Å². The average Bonchev–Trinajstić information content (AvgIpc) is 2.93. The lowest BCUT2D eigenvalue weighted by Gasteiger charge is -2.09. The molecule has 0 atom stereocenters. The monoisotopic (exact) mass is 306 g/mol. The van der Waals surface area contributed by atoms with Crippen LogP contribution in [0.1, 0.15) is 29.3 Å². The lowest BCUT2D eigenvalue weighted by atomic mass is 10.2. The van der Waals surface area contributed by atoms with Gasteiger partial charge in [0.15, 0.2) is 0 Å². The number of nitrogens with one attached hydrogen (secondary N) is 2. The fraction of sp³-hybridized carbons (Fsp3) is 0.333. The van der Waals surface area contributed by atoms with Crippen LogP contribution in [0.2, 0.25) is 5.02 Å². The predicted molar refractivity (Wildman–Crippen MR) is 84.7 cm³/mol. The van der Waals surface area contributed by atoms with Gasteiger partial charge in [-0.05, 0) is 24.6 Å². The number of hydrogen-bond donors (Lipinski definition) is 2. The molecule has 0 saturated carbocycles. The molecule has 0 saturated heterocycles. The first-order chi connectivity index (χ1) is 10.1. The van der Waals surface area contributed by atoms with E-state index in [1.807, 2.05) is 17.1 Å².